The largest absolute Gasteiger partial charge is 0.396 e. The number of ether oxygens (including phenoxy) is 1. The molecule has 0 aromatic rings. The number of amides is 1. The van der Waals surface area contributed by atoms with E-state index in [1.165, 1.54) is 0 Å². The highest BCUT2D eigenvalue weighted by molar-refractivity contribution is 8.00. The van der Waals surface area contributed by atoms with Crippen LogP contribution in [-0.4, -0.2) is 48.4 Å². The van der Waals surface area contributed by atoms with Crippen molar-refractivity contribution in [1.29, 1.82) is 0 Å². The van der Waals surface area contributed by atoms with Gasteiger partial charge < -0.3 is 15.2 Å². The van der Waals surface area contributed by atoms with Crippen LogP contribution in [0.3, 0.4) is 0 Å². The van der Waals surface area contributed by atoms with Gasteiger partial charge in [-0.25, -0.2) is 0 Å². The number of nitrogens with one attached hydrogen (secondary N) is 1. The van der Waals surface area contributed by atoms with Crippen molar-refractivity contribution in [1.82, 2.24) is 5.32 Å². The van der Waals surface area contributed by atoms with E-state index in [0.717, 1.165) is 6.42 Å². The van der Waals surface area contributed by atoms with Crippen LogP contribution >= 0.6 is 11.8 Å². The number of rotatable bonds is 8. The van der Waals surface area contributed by atoms with Crippen LogP contribution in [-0.2, 0) is 9.53 Å². The molecule has 0 heterocycles. The number of methoxy groups -OCH3 is 1. The summed E-state index contributed by atoms with van der Waals surface area (Å²) >= 11 is 1.56. The van der Waals surface area contributed by atoms with E-state index in [2.05, 4.69) is 5.32 Å². The quantitative estimate of drug-likeness (QED) is 0.648. The molecule has 0 spiro atoms. The first kappa shape index (κ1) is 14.7. The number of aliphatic hydroxyl groups is 1. The Bertz CT molecular complexity index is 178. The molecule has 0 rings (SSSR count). The molecular formula is C10H21NO3S. The predicted octanol–water partition coefficient (Wildman–Crippen LogP) is 0.642. The van der Waals surface area contributed by atoms with Crippen molar-refractivity contribution in [2.45, 2.75) is 31.6 Å². The van der Waals surface area contributed by atoms with Gasteiger partial charge in [0.2, 0.25) is 5.91 Å². The Morgan fingerprint density at radius 1 is 1.53 bits per heavy atom. The van der Waals surface area contributed by atoms with Crippen LogP contribution in [0.25, 0.3) is 0 Å². The zero-order chi connectivity index (χ0) is 11.7. The lowest BCUT2D eigenvalue weighted by Gasteiger charge is -2.14. The molecule has 0 aliphatic carbocycles. The van der Waals surface area contributed by atoms with Crippen molar-refractivity contribution in [3.63, 3.8) is 0 Å². The second-order valence-corrected chi connectivity index (χ2v) is 4.98. The third-order valence-electron chi connectivity index (χ3n) is 1.86. The molecule has 0 aliphatic heterocycles. The van der Waals surface area contributed by atoms with Gasteiger partial charge in [-0.05, 0) is 13.3 Å². The Kier molecular flexibility index (Phi) is 8.85. The van der Waals surface area contributed by atoms with Gasteiger partial charge in [-0.3, -0.25) is 4.79 Å². The van der Waals surface area contributed by atoms with Gasteiger partial charge in [0.15, 0.2) is 0 Å². The molecule has 0 fully saturated rings. The number of hydrogen-bond donors (Lipinski definition) is 2. The van der Waals surface area contributed by atoms with Crippen LogP contribution in [0.15, 0.2) is 0 Å². The van der Waals surface area contributed by atoms with Gasteiger partial charge in [0, 0.05) is 25.0 Å². The first-order valence-electron chi connectivity index (χ1n) is 5.11. The van der Waals surface area contributed by atoms with Gasteiger partial charge in [0.05, 0.1) is 12.4 Å². The van der Waals surface area contributed by atoms with E-state index in [1.54, 1.807) is 18.9 Å². The molecular weight excluding hydrogens is 214 g/mol. The van der Waals surface area contributed by atoms with Gasteiger partial charge in [-0.15, -0.1) is 11.8 Å². The average Bonchev–Trinajstić information content (AvgIpc) is 2.15. The molecule has 0 aliphatic rings. The predicted molar refractivity (Wildman–Crippen MR) is 63.1 cm³/mol. The number of thioether (sulfide) groups is 1. The minimum absolute atomic E-state index is 0.0225. The van der Waals surface area contributed by atoms with E-state index in [1.807, 2.05) is 13.8 Å². The van der Waals surface area contributed by atoms with Crippen molar-refractivity contribution in [2.75, 3.05) is 26.1 Å². The van der Waals surface area contributed by atoms with Gasteiger partial charge in [0.25, 0.3) is 0 Å². The van der Waals surface area contributed by atoms with Gasteiger partial charge in [0.1, 0.15) is 0 Å². The molecule has 90 valence electrons. The summed E-state index contributed by atoms with van der Waals surface area (Å²) in [6, 6.07) is 0.0521. The van der Waals surface area contributed by atoms with E-state index < -0.39 is 0 Å². The van der Waals surface area contributed by atoms with Crippen LogP contribution in [0.2, 0.25) is 0 Å². The second kappa shape index (κ2) is 9.00. The molecule has 1 amide bonds. The van der Waals surface area contributed by atoms with E-state index in [4.69, 9.17) is 9.84 Å². The van der Waals surface area contributed by atoms with E-state index in [9.17, 15) is 4.79 Å². The second-order valence-electron chi connectivity index (χ2n) is 3.56. The van der Waals surface area contributed by atoms with Gasteiger partial charge in [-0.2, -0.15) is 0 Å². The molecule has 5 heteroatoms. The first-order chi connectivity index (χ1) is 7.10. The summed E-state index contributed by atoms with van der Waals surface area (Å²) in [6.07, 6.45) is 0.728. The summed E-state index contributed by atoms with van der Waals surface area (Å²) in [6.45, 7) is 4.62. The van der Waals surface area contributed by atoms with Crippen LogP contribution in [0, 0.1) is 0 Å². The molecule has 4 nitrogen and oxygen atoms in total. The Morgan fingerprint density at radius 2 is 2.20 bits per heavy atom. The maximum absolute atomic E-state index is 11.4. The highest BCUT2D eigenvalue weighted by Gasteiger charge is 2.09. The fraction of sp³-hybridized carbons (Fsp3) is 0.900. The molecule has 0 saturated heterocycles. The van der Waals surface area contributed by atoms with Crippen molar-refractivity contribution in [3.05, 3.63) is 0 Å². The topological polar surface area (TPSA) is 58.6 Å². The highest BCUT2D eigenvalue weighted by Crippen LogP contribution is 2.12. The fourth-order valence-corrected chi connectivity index (χ4v) is 1.88. The van der Waals surface area contributed by atoms with Gasteiger partial charge in [-0.1, -0.05) is 6.92 Å². The smallest absolute Gasteiger partial charge is 0.230 e. The third kappa shape index (κ3) is 8.72. The SMILES string of the molecule is COCC(C)NC(=O)CSC(C)CCO. The summed E-state index contributed by atoms with van der Waals surface area (Å²) < 4.78 is 4.91. The van der Waals surface area contributed by atoms with Crippen LogP contribution < -0.4 is 5.32 Å². The number of aliphatic hydroxyl groups excluding tert-OH is 1. The van der Waals surface area contributed by atoms with Crippen LogP contribution in [0.5, 0.6) is 0 Å². The molecule has 0 aromatic carbocycles. The Hall–Kier alpha value is -0.260. The van der Waals surface area contributed by atoms with Crippen molar-refractivity contribution in [3.8, 4) is 0 Å². The summed E-state index contributed by atoms with van der Waals surface area (Å²) in [5.74, 6) is 0.462. The minimum atomic E-state index is 0.0225. The van der Waals surface area contributed by atoms with Gasteiger partial charge >= 0.3 is 0 Å². The summed E-state index contributed by atoms with van der Waals surface area (Å²) in [5, 5.41) is 11.8. The summed E-state index contributed by atoms with van der Waals surface area (Å²) in [7, 11) is 1.61. The first-order valence-corrected chi connectivity index (χ1v) is 6.15. The molecule has 2 N–H and O–H groups in total. The van der Waals surface area contributed by atoms with Crippen LogP contribution in [0.1, 0.15) is 20.3 Å². The number of carbonyl (C=O) groups excluding carboxylic acids is 1. The van der Waals surface area contributed by atoms with E-state index >= 15 is 0 Å². The average molecular weight is 235 g/mol. The molecule has 0 aromatic heterocycles. The number of carbonyl (C=O) groups is 1. The lowest BCUT2D eigenvalue weighted by atomic mass is 10.3. The third-order valence-corrected chi connectivity index (χ3v) is 3.09. The van der Waals surface area contributed by atoms with Crippen molar-refractivity contribution >= 4 is 17.7 Å². The highest BCUT2D eigenvalue weighted by atomic mass is 32.2. The molecule has 0 bridgehead atoms. The van der Waals surface area contributed by atoms with Crippen LogP contribution in [0.4, 0.5) is 0 Å². The summed E-state index contributed by atoms with van der Waals surface area (Å²) in [4.78, 5) is 11.4. The van der Waals surface area contributed by atoms with Crippen molar-refractivity contribution in [2.24, 2.45) is 0 Å². The Morgan fingerprint density at radius 3 is 2.73 bits per heavy atom. The Balaban J connectivity index is 3.56. The lowest BCUT2D eigenvalue weighted by Crippen LogP contribution is -2.37. The number of hydrogen-bond acceptors (Lipinski definition) is 4. The van der Waals surface area contributed by atoms with E-state index in [0.29, 0.717) is 17.6 Å². The Labute approximate surface area is 95.8 Å². The summed E-state index contributed by atoms with van der Waals surface area (Å²) in [5.41, 5.74) is 0. The zero-order valence-electron chi connectivity index (χ0n) is 9.66. The standard InChI is InChI=1S/C10H21NO3S/c1-8(6-14-3)11-10(13)7-15-9(2)4-5-12/h8-9,12H,4-7H2,1-3H3,(H,11,13). The van der Waals surface area contributed by atoms with E-state index in [-0.39, 0.29) is 18.6 Å². The maximum Gasteiger partial charge on any atom is 0.230 e. The molecule has 2 unspecified atom stereocenters. The molecule has 2 atom stereocenters. The zero-order valence-corrected chi connectivity index (χ0v) is 10.5. The lowest BCUT2D eigenvalue weighted by molar-refractivity contribution is -0.119. The molecule has 0 radical (unpaired) electrons. The molecule has 15 heavy (non-hydrogen) atoms. The fourth-order valence-electron chi connectivity index (χ4n) is 1.09. The minimum Gasteiger partial charge on any atom is -0.396 e. The maximum atomic E-state index is 11.4. The molecule has 0 saturated carbocycles. The monoisotopic (exact) mass is 235 g/mol. The van der Waals surface area contributed by atoms with Crippen molar-refractivity contribution < 1.29 is 14.6 Å². The normalized spacial score (nSPS) is 14.7.